The molecule has 0 amide bonds. The van der Waals surface area contributed by atoms with Crippen molar-refractivity contribution in [3.05, 3.63) is 53.9 Å². The molecule has 0 bridgehead atoms. The maximum atomic E-state index is 13.1. The van der Waals surface area contributed by atoms with E-state index >= 15 is 0 Å². The van der Waals surface area contributed by atoms with E-state index in [2.05, 4.69) is 28.7 Å². The number of nitrogens with zero attached hydrogens (tertiary/aromatic N) is 4. The highest BCUT2D eigenvalue weighted by Gasteiger charge is 2.31. The lowest BCUT2D eigenvalue weighted by Crippen LogP contribution is -2.37. The van der Waals surface area contributed by atoms with E-state index in [-0.39, 0.29) is 12.0 Å². The molecule has 8 heteroatoms. The second kappa shape index (κ2) is 8.93. The zero-order valence-electron chi connectivity index (χ0n) is 18.7. The Kier molecular flexibility index (Phi) is 6.22. The van der Waals surface area contributed by atoms with Crippen molar-refractivity contribution < 1.29 is 13.2 Å². The number of hydrogen-bond acceptors (Lipinski definition) is 5. The lowest BCUT2D eigenvalue weighted by Gasteiger charge is -2.31. The van der Waals surface area contributed by atoms with Gasteiger partial charge in [-0.05, 0) is 81.5 Å². The smallest absolute Gasteiger partial charge is 0.243 e. The number of sulfonamides is 1. The Bertz CT molecular complexity index is 1250. The van der Waals surface area contributed by atoms with Crippen molar-refractivity contribution in [1.82, 2.24) is 13.9 Å². The molecule has 1 aliphatic heterocycles. The summed E-state index contributed by atoms with van der Waals surface area (Å²) in [6, 6.07) is 12.5. The average molecular weight is 453 g/mol. The van der Waals surface area contributed by atoms with Gasteiger partial charge in [0.2, 0.25) is 10.0 Å². The summed E-state index contributed by atoms with van der Waals surface area (Å²) in [5, 5.41) is 10.2. The monoisotopic (exact) mass is 452 g/mol. The van der Waals surface area contributed by atoms with Gasteiger partial charge >= 0.3 is 0 Å². The fraction of sp³-hybridized carbons (Fsp3) is 0.417. The predicted molar refractivity (Wildman–Crippen MR) is 123 cm³/mol. The topological polar surface area (TPSA) is 88.2 Å². The second-order valence-electron chi connectivity index (χ2n) is 8.37. The van der Waals surface area contributed by atoms with Gasteiger partial charge in [-0.2, -0.15) is 9.57 Å². The molecule has 0 saturated carbocycles. The predicted octanol–water partition coefficient (Wildman–Crippen LogP) is 4.28. The Hall–Kier alpha value is -2.89. The lowest BCUT2D eigenvalue weighted by atomic mass is 9.90. The van der Waals surface area contributed by atoms with Crippen molar-refractivity contribution in [2.45, 2.75) is 57.1 Å². The van der Waals surface area contributed by atoms with E-state index in [1.54, 1.807) is 34.6 Å². The van der Waals surface area contributed by atoms with Crippen LogP contribution < -0.4 is 4.74 Å². The first-order valence-corrected chi connectivity index (χ1v) is 12.4. The first kappa shape index (κ1) is 22.3. The van der Waals surface area contributed by atoms with Crippen molar-refractivity contribution in [2.75, 3.05) is 13.1 Å². The summed E-state index contributed by atoms with van der Waals surface area (Å²) >= 11 is 0. The van der Waals surface area contributed by atoms with Gasteiger partial charge in [-0.1, -0.05) is 0 Å². The number of piperidine rings is 1. The molecular weight excluding hydrogens is 424 g/mol. The first-order valence-electron chi connectivity index (χ1n) is 11.0. The molecule has 0 radical (unpaired) electrons. The molecule has 0 atom stereocenters. The molecule has 1 saturated heterocycles. The van der Waals surface area contributed by atoms with E-state index in [1.165, 1.54) is 5.56 Å². The average Bonchev–Trinajstić information content (AvgIpc) is 3.17. The number of nitriles is 1. The van der Waals surface area contributed by atoms with Gasteiger partial charge in [0.15, 0.2) is 0 Å². The SMILES string of the molecule is CCn1cc(C2CCN(S(=O)(=O)c3ccc(OC(C)C)cc3)CC2)c2ccc(C#N)nc21. The minimum Gasteiger partial charge on any atom is -0.491 e. The number of hydrogen-bond donors (Lipinski definition) is 0. The van der Waals surface area contributed by atoms with Gasteiger partial charge in [0.1, 0.15) is 23.2 Å². The standard InChI is InChI=1S/C24H28N4O3S/c1-4-27-16-23(22-10-5-19(15-25)26-24(22)27)18-11-13-28(14-12-18)32(29,30)21-8-6-20(7-9-21)31-17(2)3/h5-10,16-18H,4,11-14H2,1-3H3. The normalized spacial score (nSPS) is 15.8. The highest BCUT2D eigenvalue weighted by atomic mass is 32.2. The van der Waals surface area contributed by atoms with Gasteiger partial charge in [-0.3, -0.25) is 0 Å². The Morgan fingerprint density at radius 3 is 2.44 bits per heavy atom. The quantitative estimate of drug-likeness (QED) is 0.557. The Balaban J connectivity index is 1.51. The number of pyridine rings is 1. The number of aryl methyl sites for hydroxylation is 1. The van der Waals surface area contributed by atoms with Crippen LogP contribution in [0.1, 0.15) is 50.8 Å². The molecule has 2 aromatic heterocycles. The van der Waals surface area contributed by atoms with Crippen LogP contribution in [0.15, 0.2) is 47.5 Å². The van der Waals surface area contributed by atoms with Gasteiger partial charge < -0.3 is 9.30 Å². The van der Waals surface area contributed by atoms with Crippen molar-refractivity contribution in [2.24, 2.45) is 0 Å². The van der Waals surface area contributed by atoms with Crippen LogP contribution in [-0.2, 0) is 16.6 Å². The van der Waals surface area contributed by atoms with Gasteiger partial charge in [-0.25, -0.2) is 13.4 Å². The van der Waals surface area contributed by atoms with Crippen LogP contribution in [0.25, 0.3) is 11.0 Å². The van der Waals surface area contributed by atoms with Gasteiger partial charge in [-0.15, -0.1) is 0 Å². The fourth-order valence-electron chi connectivity index (χ4n) is 4.34. The summed E-state index contributed by atoms with van der Waals surface area (Å²) in [5.74, 6) is 0.923. The third kappa shape index (κ3) is 4.23. The van der Waals surface area contributed by atoms with E-state index in [4.69, 9.17) is 4.74 Å². The number of ether oxygens (including phenoxy) is 1. The fourth-order valence-corrected chi connectivity index (χ4v) is 5.81. The van der Waals surface area contributed by atoms with Crippen LogP contribution >= 0.6 is 0 Å². The highest BCUT2D eigenvalue weighted by molar-refractivity contribution is 7.89. The summed E-state index contributed by atoms with van der Waals surface area (Å²) in [6.07, 6.45) is 3.64. The lowest BCUT2D eigenvalue weighted by molar-refractivity contribution is 0.242. The molecule has 4 rings (SSSR count). The zero-order chi connectivity index (χ0) is 22.9. The van der Waals surface area contributed by atoms with E-state index in [9.17, 15) is 13.7 Å². The van der Waals surface area contributed by atoms with Crippen molar-refractivity contribution in [3.8, 4) is 11.8 Å². The van der Waals surface area contributed by atoms with Crippen molar-refractivity contribution in [3.63, 3.8) is 0 Å². The third-order valence-electron chi connectivity index (χ3n) is 5.94. The molecule has 0 N–H and O–H groups in total. The summed E-state index contributed by atoms with van der Waals surface area (Å²) in [6.45, 7) is 7.63. The molecule has 168 valence electrons. The molecule has 32 heavy (non-hydrogen) atoms. The first-order chi connectivity index (χ1) is 15.3. The minimum atomic E-state index is -3.54. The van der Waals surface area contributed by atoms with Crippen LogP contribution in [0.5, 0.6) is 5.75 Å². The Morgan fingerprint density at radius 2 is 1.84 bits per heavy atom. The third-order valence-corrected chi connectivity index (χ3v) is 7.85. The van der Waals surface area contributed by atoms with Crippen LogP contribution in [0.2, 0.25) is 0 Å². The second-order valence-corrected chi connectivity index (χ2v) is 10.3. The summed E-state index contributed by atoms with van der Waals surface area (Å²) in [5.41, 5.74) is 2.41. The molecule has 3 heterocycles. The molecule has 0 aliphatic carbocycles. The molecule has 3 aromatic rings. The van der Waals surface area contributed by atoms with Gasteiger partial charge in [0, 0.05) is 31.2 Å². The number of fused-ring (bicyclic) bond motifs is 1. The summed E-state index contributed by atoms with van der Waals surface area (Å²) in [4.78, 5) is 4.78. The summed E-state index contributed by atoms with van der Waals surface area (Å²) < 4.78 is 35.5. The number of benzene rings is 1. The summed E-state index contributed by atoms with van der Waals surface area (Å²) in [7, 11) is -3.54. The van der Waals surface area contributed by atoms with Gasteiger partial charge in [0.25, 0.3) is 0 Å². The van der Waals surface area contributed by atoms with E-state index < -0.39 is 10.0 Å². The van der Waals surface area contributed by atoms with Crippen LogP contribution in [0.4, 0.5) is 0 Å². The molecule has 1 aliphatic rings. The molecule has 0 unspecified atom stereocenters. The minimum absolute atomic E-state index is 0.0387. The Labute approximate surface area is 189 Å². The van der Waals surface area contributed by atoms with E-state index in [0.29, 0.717) is 29.4 Å². The van der Waals surface area contributed by atoms with Crippen LogP contribution in [0.3, 0.4) is 0 Å². The maximum absolute atomic E-state index is 13.1. The zero-order valence-corrected chi connectivity index (χ0v) is 19.5. The Morgan fingerprint density at radius 1 is 1.16 bits per heavy atom. The maximum Gasteiger partial charge on any atom is 0.243 e. The highest BCUT2D eigenvalue weighted by Crippen LogP contribution is 2.35. The van der Waals surface area contributed by atoms with E-state index in [1.807, 2.05) is 19.9 Å². The largest absolute Gasteiger partial charge is 0.491 e. The van der Waals surface area contributed by atoms with Crippen molar-refractivity contribution >= 4 is 21.1 Å². The molecular formula is C24H28N4O3S. The van der Waals surface area contributed by atoms with Crippen molar-refractivity contribution in [1.29, 1.82) is 5.26 Å². The van der Waals surface area contributed by atoms with Gasteiger partial charge in [0.05, 0.1) is 11.0 Å². The van der Waals surface area contributed by atoms with Crippen LogP contribution in [-0.4, -0.2) is 41.5 Å². The van der Waals surface area contributed by atoms with E-state index in [0.717, 1.165) is 30.4 Å². The van der Waals surface area contributed by atoms with Crippen LogP contribution in [0, 0.1) is 11.3 Å². The molecule has 7 nitrogen and oxygen atoms in total. The number of rotatable bonds is 6. The molecule has 1 aromatic carbocycles. The molecule has 0 spiro atoms. The number of aromatic nitrogens is 2. The molecule has 1 fully saturated rings.